The minimum absolute atomic E-state index is 0.360. The molecule has 0 unspecified atom stereocenters. The van der Waals surface area contributed by atoms with Crippen molar-refractivity contribution in [3.05, 3.63) is 29.6 Å². The number of aliphatic hydroxyl groups is 1. The van der Waals surface area contributed by atoms with Crippen LogP contribution in [0, 0.1) is 5.82 Å². The van der Waals surface area contributed by atoms with Crippen LogP contribution in [0.4, 0.5) is 4.39 Å². The molecule has 0 amide bonds. The van der Waals surface area contributed by atoms with Crippen LogP contribution in [0.25, 0.3) is 0 Å². The second-order valence-corrected chi connectivity index (χ2v) is 3.48. The molecule has 0 radical (unpaired) electrons. The van der Waals surface area contributed by atoms with E-state index in [2.05, 4.69) is 5.32 Å². The highest BCUT2D eigenvalue weighted by Crippen LogP contribution is 2.33. The van der Waals surface area contributed by atoms with E-state index in [1.165, 1.54) is 25.3 Å². The first kappa shape index (κ1) is 9.43. The summed E-state index contributed by atoms with van der Waals surface area (Å²) in [6.45, 7) is 0.875. The maximum atomic E-state index is 13.0. The van der Waals surface area contributed by atoms with Gasteiger partial charge in [0.1, 0.15) is 17.2 Å². The van der Waals surface area contributed by atoms with E-state index >= 15 is 0 Å². The number of halogens is 1. The van der Waals surface area contributed by atoms with Gasteiger partial charge in [0.25, 0.3) is 0 Å². The summed E-state index contributed by atoms with van der Waals surface area (Å²) in [5.74, 6) is 0.163. The van der Waals surface area contributed by atoms with Crippen molar-refractivity contribution in [2.45, 2.75) is 5.60 Å². The van der Waals surface area contributed by atoms with Gasteiger partial charge in [-0.15, -0.1) is 0 Å². The Morgan fingerprint density at radius 1 is 1.50 bits per heavy atom. The normalized spacial score (nSPS) is 18.8. The van der Waals surface area contributed by atoms with Gasteiger partial charge in [0.05, 0.1) is 7.11 Å². The van der Waals surface area contributed by atoms with Gasteiger partial charge < -0.3 is 15.2 Å². The number of rotatable bonds is 2. The Kier molecular flexibility index (Phi) is 2.17. The molecule has 2 rings (SSSR count). The summed E-state index contributed by atoms with van der Waals surface area (Å²) in [6, 6.07) is 4.17. The SMILES string of the molecule is COc1ccc(F)cc1C1(O)CNC1. The maximum absolute atomic E-state index is 13.0. The zero-order valence-corrected chi connectivity index (χ0v) is 7.88. The third-order valence-corrected chi connectivity index (χ3v) is 2.50. The van der Waals surface area contributed by atoms with E-state index in [0.29, 0.717) is 24.4 Å². The number of nitrogens with one attached hydrogen (secondary N) is 1. The van der Waals surface area contributed by atoms with Gasteiger partial charge in [-0.3, -0.25) is 0 Å². The molecule has 0 atom stereocenters. The van der Waals surface area contributed by atoms with Crippen molar-refractivity contribution < 1.29 is 14.2 Å². The molecule has 14 heavy (non-hydrogen) atoms. The Balaban J connectivity index is 2.43. The monoisotopic (exact) mass is 197 g/mol. The Morgan fingerprint density at radius 3 is 2.71 bits per heavy atom. The summed E-state index contributed by atoms with van der Waals surface area (Å²) < 4.78 is 18.1. The predicted molar refractivity (Wildman–Crippen MR) is 49.7 cm³/mol. The molecule has 2 N–H and O–H groups in total. The second kappa shape index (κ2) is 3.22. The quantitative estimate of drug-likeness (QED) is 0.730. The van der Waals surface area contributed by atoms with Crippen LogP contribution in [0.15, 0.2) is 18.2 Å². The molecule has 0 spiro atoms. The third kappa shape index (κ3) is 1.36. The van der Waals surface area contributed by atoms with E-state index in [9.17, 15) is 9.50 Å². The van der Waals surface area contributed by atoms with Crippen molar-refractivity contribution in [1.82, 2.24) is 5.32 Å². The minimum Gasteiger partial charge on any atom is -0.496 e. The summed E-state index contributed by atoms with van der Waals surface area (Å²) in [7, 11) is 1.51. The van der Waals surface area contributed by atoms with Gasteiger partial charge in [-0.25, -0.2) is 4.39 Å². The van der Waals surface area contributed by atoms with Crippen LogP contribution in [-0.4, -0.2) is 25.3 Å². The van der Waals surface area contributed by atoms with Crippen LogP contribution in [0.3, 0.4) is 0 Å². The number of β-amino-alcohol motifs (C(OH)–C–C–N with tert-alkyl or cyclic N) is 1. The van der Waals surface area contributed by atoms with E-state index in [0.717, 1.165) is 0 Å². The summed E-state index contributed by atoms with van der Waals surface area (Å²) in [5.41, 5.74) is -0.466. The van der Waals surface area contributed by atoms with E-state index in [1.54, 1.807) is 0 Å². The zero-order chi connectivity index (χ0) is 10.2. The predicted octanol–water partition coefficient (Wildman–Crippen LogP) is 0.625. The maximum Gasteiger partial charge on any atom is 0.125 e. The molecule has 3 nitrogen and oxygen atoms in total. The number of benzene rings is 1. The van der Waals surface area contributed by atoms with Crippen molar-refractivity contribution >= 4 is 0 Å². The first-order valence-electron chi connectivity index (χ1n) is 4.43. The lowest BCUT2D eigenvalue weighted by Gasteiger charge is -2.38. The van der Waals surface area contributed by atoms with Gasteiger partial charge in [0.15, 0.2) is 0 Å². The van der Waals surface area contributed by atoms with Crippen molar-refractivity contribution in [1.29, 1.82) is 0 Å². The van der Waals surface area contributed by atoms with Gasteiger partial charge >= 0.3 is 0 Å². The van der Waals surface area contributed by atoms with Crippen LogP contribution < -0.4 is 10.1 Å². The van der Waals surface area contributed by atoms with Crippen molar-refractivity contribution in [2.75, 3.05) is 20.2 Å². The number of methoxy groups -OCH3 is 1. The molecular formula is C10H12FNO2. The Morgan fingerprint density at radius 2 is 2.21 bits per heavy atom. The molecule has 0 aromatic heterocycles. The number of hydrogen-bond donors (Lipinski definition) is 2. The standard InChI is InChI=1S/C10H12FNO2/c1-14-9-3-2-7(11)4-8(9)10(13)5-12-6-10/h2-4,12-13H,5-6H2,1H3. The summed E-state index contributed by atoms with van der Waals surface area (Å²) in [5, 5.41) is 13.0. The summed E-state index contributed by atoms with van der Waals surface area (Å²) in [6.07, 6.45) is 0. The van der Waals surface area contributed by atoms with Crippen molar-refractivity contribution in [3.8, 4) is 5.75 Å². The third-order valence-electron chi connectivity index (χ3n) is 2.50. The number of ether oxygens (including phenoxy) is 1. The highest BCUT2D eigenvalue weighted by molar-refractivity contribution is 5.40. The molecule has 1 fully saturated rings. The molecule has 0 saturated carbocycles. The lowest BCUT2D eigenvalue weighted by molar-refractivity contribution is -0.0167. The topological polar surface area (TPSA) is 41.5 Å². The summed E-state index contributed by atoms with van der Waals surface area (Å²) >= 11 is 0. The zero-order valence-electron chi connectivity index (χ0n) is 7.88. The molecule has 1 aromatic carbocycles. The van der Waals surface area contributed by atoms with Crippen LogP contribution in [0.2, 0.25) is 0 Å². The second-order valence-electron chi connectivity index (χ2n) is 3.48. The van der Waals surface area contributed by atoms with Gasteiger partial charge in [-0.2, -0.15) is 0 Å². The fourth-order valence-electron chi connectivity index (χ4n) is 1.60. The first-order chi connectivity index (χ1) is 6.65. The first-order valence-corrected chi connectivity index (χ1v) is 4.43. The van der Waals surface area contributed by atoms with Crippen LogP contribution in [0.1, 0.15) is 5.56 Å². The average Bonchev–Trinajstić information content (AvgIpc) is 2.14. The van der Waals surface area contributed by atoms with Gasteiger partial charge in [0, 0.05) is 18.7 Å². The lowest BCUT2D eigenvalue weighted by atomic mass is 9.87. The van der Waals surface area contributed by atoms with Gasteiger partial charge in [-0.1, -0.05) is 0 Å². The molecule has 1 heterocycles. The molecule has 4 heteroatoms. The molecule has 1 aliphatic rings. The van der Waals surface area contributed by atoms with E-state index in [1.807, 2.05) is 0 Å². The van der Waals surface area contributed by atoms with Crippen LogP contribution >= 0.6 is 0 Å². The van der Waals surface area contributed by atoms with Crippen LogP contribution in [-0.2, 0) is 5.60 Å². The van der Waals surface area contributed by atoms with Gasteiger partial charge in [0.2, 0.25) is 0 Å². The Labute approximate surface area is 81.5 Å². The molecule has 76 valence electrons. The molecule has 0 aliphatic carbocycles. The molecule has 0 bridgehead atoms. The smallest absolute Gasteiger partial charge is 0.125 e. The van der Waals surface area contributed by atoms with Gasteiger partial charge in [-0.05, 0) is 18.2 Å². The highest BCUT2D eigenvalue weighted by atomic mass is 19.1. The van der Waals surface area contributed by atoms with E-state index < -0.39 is 5.60 Å². The highest BCUT2D eigenvalue weighted by Gasteiger charge is 2.38. The summed E-state index contributed by atoms with van der Waals surface area (Å²) in [4.78, 5) is 0. The van der Waals surface area contributed by atoms with E-state index in [-0.39, 0.29) is 5.82 Å². The minimum atomic E-state index is -0.979. The lowest BCUT2D eigenvalue weighted by Crippen LogP contribution is -2.56. The molecule has 1 aliphatic heterocycles. The fourth-order valence-corrected chi connectivity index (χ4v) is 1.60. The van der Waals surface area contributed by atoms with Crippen molar-refractivity contribution in [2.24, 2.45) is 0 Å². The largest absolute Gasteiger partial charge is 0.496 e. The van der Waals surface area contributed by atoms with Crippen molar-refractivity contribution in [3.63, 3.8) is 0 Å². The molecule has 1 aromatic rings. The Hall–Kier alpha value is -1.13. The number of hydrogen-bond acceptors (Lipinski definition) is 3. The fraction of sp³-hybridized carbons (Fsp3) is 0.400. The van der Waals surface area contributed by atoms with E-state index in [4.69, 9.17) is 4.74 Å². The van der Waals surface area contributed by atoms with Crippen LogP contribution in [0.5, 0.6) is 5.75 Å². The average molecular weight is 197 g/mol. The Bertz CT molecular complexity index is 350. The molecule has 1 saturated heterocycles. The molecular weight excluding hydrogens is 185 g/mol.